The molecular weight excluding hydrogens is 360 g/mol. The van der Waals surface area contributed by atoms with Crippen LogP contribution in [0.4, 0.5) is 0 Å². The van der Waals surface area contributed by atoms with Gasteiger partial charge in [0.2, 0.25) is 15.9 Å². The predicted octanol–water partition coefficient (Wildman–Crippen LogP) is 2.81. The zero-order valence-electron chi connectivity index (χ0n) is 13.5. The normalized spacial score (nSPS) is 16.4. The third kappa shape index (κ3) is 4.39. The van der Waals surface area contributed by atoms with Crippen molar-refractivity contribution in [3.63, 3.8) is 0 Å². The van der Waals surface area contributed by atoms with E-state index in [2.05, 4.69) is 10.0 Å². The minimum atomic E-state index is -3.58. The maximum atomic E-state index is 12.1. The molecule has 0 saturated carbocycles. The second-order valence-electron chi connectivity index (χ2n) is 5.96. The van der Waals surface area contributed by atoms with Gasteiger partial charge in [0.25, 0.3) is 0 Å². The van der Waals surface area contributed by atoms with Crippen LogP contribution >= 0.6 is 11.6 Å². The lowest BCUT2D eigenvalue weighted by Gasteiger charge is -2.14. The highest BCUT2D eigenvalue weighted by molar-refractivity contribution is 7.89. The summed E-state index contributed by atoms with van der Waals surface area (Å²) >= 11 is 5.99. The number of fused-ring (bicyclic) bond motifs is 1. The van der Waals surface area contributed by atoms with E-state index < -0.39 is 10.0 Å². The van der Waals surface area contributed by atoms with Crippen molar-refractivity contribution in [2.24, 2.45) is 0 Å². The molecule has 2 aromatic carbocycles. The zero-order chi connectivity index (χ0) is 17.9. The number of rotatable bonds is 6. The summed E-state index contributed by atoms with van der Waals surface area (Å²) in [5.41, 5.74) is 2.24. The van der Waals surface area contributed by atoms with E-state index in [0.29, 0.717) is 5.02 Å². The molecule has 0 heterocycles. The first kappa shape index (κ1) is 17.9. The Morgan fingerprint density at radius 1 is 1.16 bits per heavy atom. The molecule has 5 nitrogen and oxygen atoms in total. The highest BCUT2D eigenvalue weighted by atomic mass is 35.5. The van der Waals surface area contributed by atoms with Crippen LogP contribution in [0.5, 0.6) is 0 Å². The van der Waals surface area contributed by atoms with E-state index in [1.54, 1.807) is 18.2 Å². The molecule has 1 amide bonds. The van der Waals surface area contributed by atoms with Crippen molar-refractivity contribution in [1.29, 1.82) is 0 Å². The van der Waals surface area contributed by atoms with E-state index in [0.717, 1.165) is 24.0 Å². The fourth-order valence-electron chi connectivity index (χ4n) is 2.98. The Morgan fingerprint density at radius 3 is 2.68 bits per heavy atom. The number of sulfonamides is 1. The molecule has 0 fully saturated rings. The van der Waals surface area contributed by atoms with Crippen LogP contribution in [-0.2, 0) is 21.2 Å². The molecular formula is C18H19ClN2O3S. The van der Waals surface area contributed by atoms with Gasteiger partial charge in [-0.1, -0.05) is 35.9 Å². The predicted molar refractivity (Wildman–Crippen MR) is 96.9 cm³/mol. The smallest absolute Gasteiger partial charge is 0.240 e. The van der Waals surface area contributed by atoms with Crippen molar-refractivity contribution >= 4 is 27.5 Å². The molecule has 7 heteroatoms. The van der Waals surface area contributed by atoms with Crippen LogP contribution < -0.4 is 10.0 Å². The van der Waals surface area contributed by atoms with Gasteiger partial charge in [0.05, 0.1) is 10.9 Å². The maximum absolute atomic E-state index is 12.1. The Bertz CT molecular complexity index is 869. The van der Waals surface area contributed by atoms with Gasteiger partial charge in [0, 0.05) is 18.0 Å². The van der Waals surface area contributed by atoms with E-state index in [1.165, 1.54) is 12.1 Å². The number of halogens is 1. The van der Waals surface area contributed by atoms with Crippen molar-refractivity contribution in [2.45, 2.75) is 30.2 Å². The van der Waals surface area contributed by atoms with Crippen LogP contribution in [0.1, 0.15) is 30.0 Å². The number of aryl methyl sites for hydroxylation is 1. The van der Waals surface area contributed by atoms with Gasteiger partial charge in [-0.05, 0) is 48.2 Å². The summed E-state index contributed by atoms with van der Waals surface area (Å²) in [4.78, 5) is 12.3. The summed E-state index contributed by atoms with van der Waals surface area (Å²) in [6.45, 7) is 0.0588. The number of hydrogen-bond donors (Lipinski definition) is 2. The number of hydrogen-bond acceptors (Lipinski definition) is 3. The summed E-state index contributed by atoms with van der Waals surface area (Å²) in [6.07, 6.45) is 1.80. The van der Waals surface area contributed by atoms with Gasteiger partial charge >= 0.3 is 0 Å². The van der Waals surface area contributed by atoms with E-state index in [4.69, 9.17) is 11.6 Å². The first-order chi connectivity index (χ1) is 12.0. The lowest BCUT2D eigenvalue weighted by molar-refractivity contribution is -0.121. The number of benzene rings is 2. The zero-order valence-corrected chi connectivity index (χ0v) is 15.1. The van der Waals surface area contributed by atoms with Crippen LogP contribution in [0.3, 0.4) is 0 Å². The monoisotopic (exact) mass is 378 g/mol. The van der Waals surface area contributed by atoms with Gasteiger partial charge in [-0.2, -0.15) is 0 Å². The van der Waals surface area contributed by atoms with Gasteiger partial charge in [0.15, 0.2) is 0 Å². The largest absolute Gasteiger partial charge is 0.349 e. The van der Waals surface area contributed by atoms with Crippen LogP contribution in [0.25, 0.3) is 0 Å². The number of carbonyl (C=O) groups excluding carboxylic acids is 1. The molecule has 1 unspecified atom stereocenters. The molecule has 0 bridgehead atoms. The average Bonchev–Trinajstić information content (AvgIpc) is 2.97. The first-order valence-corrected chi connectivity index (χ1v) is 9.94. The maximum Gasteiger partial charge on any atom is 0.240 e. The summed E-state index contributed by atoms with van der Waals surface area (Å²) in [5.74, 6) is -0.177. The molecule has 2 N–H and O–H groups in total. The molecule has 0 aliphatic heterocycles. The van der Waals surface area contributed by atoms with E-state index in [1.807, 2.05) is 18.2 Å². The molecule has 0 spiro atoms. The molecule has 0 saturated heterocycles. The molecule has 0 aromatic heterocycles. The Labute approximate surface area is 152 Å². The van der Waals surface area contributed by atoms with Gasteiger partial charge in [-0.15, -0.1) is 0 Å². The Kier molecular flexibility index (Phi) is 5.42. The molecule has 2 aromatic rings. The third-order valence-electron chi connectivity index (χ3n) is 4.22. The highest BCUT2D eigenvalue weighted by Gasteiger charge is 2.24. The second kappa shape index (κ2) is 7.56. The minimum Gasteiger partial charge on any atom is -0.349 e. The van der Waals surface area contributed by atoms with Crippen molar-refractivity contribution in [2.75, 3.05) is 6.54 Å². The van der Waals surface area contributed by atoms with E-state index in [-0.39, 0.29) is 29.8 Å². The lowest BCUT2D eigenvalue weighted by Crippen LogP contribution is -2.32. The summed E-state index contributed by atoms with van der Waals surface area (Å²) in [7, 11) is -3.58. The fourth-order valence-corrected chi connectivity index (χ4v) is 4.23. The Morgan fingerprint density at radius 2 is 1.92 bits per heavy atom. The van der Waals surface area contributed by atoms with Crippen LogP contribution in [0, 0.1) is 0 Å². The lowest BCUT2D eigenvalue weighted by atomic mass is 10.1. The number of amides is 1. The van der Waals surface area contributed by atoms with Gasteiger partial charge in [-0.25, -0.2) is 13.1 Å². The minimum absolute atomic E-state index is 0.0366. The number of nitrogens with one attached hydrogen (secondary N) is 2. The van der Waals surface area contributed by atoms with Crippen LogP contribution in [-0.4, -0.2) is 20.9 Å². The molecule has 25 heavy (non-hydrogen) atoms. The van der Waals surface area contributed by atoms with Crippen molar-refractivity contribution in [3.05, 3.63) is 64.7 Å². The fraction of sp³-hybridized carbons (Fsp3) is 0.278. The Balaban J connectivity index is 1.51. The van der Waals surface area contributed by atoms with Crippen molar-refractivity contribution in [1.82, 2.24) is 10.0 Å². The SMILES string of the molecule is O=C(CCNS(=O)(=O)c1ccccc1)NC1CCc2cc(Cl)ccc21. The van der Waals surface area contributed by atoms with Gasteiger partial charge in [0.1, 0.15) is 0 Å². The molecule has 3 rings (SSSR count). The molecule has 1 atom stereocenters. The first-order valence-electron chi connectivity index (χ1n) is 8.08. The van der Waals surface area contributed by atoms with E-state index >= 15 is 0 Å². The summed E-state index contributed by atoms with van der Waals surface area (Å²) < 4.78 is 26.6. The molecule has 1 aliphatic rings. The molecule has 132 valence electrons. The average molecular weight is 379 g/mol. The summed E-state index contributed by atoms with van der Waals surface area (Å²) in [6, 6.07) is 13.7. The van der Waals surface area contributed by atoms with Gasteiger partial charge < -0.3 is 5.32 Å². The van der Waals surface area contributed by atoms with Crippen molar-refractivity contribution < 1.29 is 13.2 Å². The Hall–Kier alpha value is -1.89. The quantitative estimate of drug-likeness (QED) is 0.811. The van der Waals surface area contributed by atoms with Crippen LogP contribution in [0.15, 0.2) is 53.4 Å². The molecule has 0 radical (unpaired) electrons. The molecule has 1 aliphatic carbocycles. The standard InChI is InChI=1S/C18H19ClN2O3S/c19-14-7-8-16-13(12-14)6-9-17(16)21-18(22)10-11-20-25(23,24)15-4-2-1-3-5-15/h1-5,7-8,12,17,20H,6,9-11H2,(H,21,22). The van der Waals surface area contributed by atoms with E-state index in [9.17, 15) is 13.2 Å². The van der Waals surface area contributed by atoms with Crippen molar-refractivity contribution in [3.8, 4) is 0 Å². The summed E-state index contributed by atoms with van der Waals surface area (Å²) in [5, 5.41) is 3.66. The number of carbonyl (C=O) groups is 1. The van der Waals surface area contributed by atoms with Crippen LogP contribution in [0.2, 0.25) is 5.02 Å². The second-order valence-corrected chi connectivity index (χ2v) is 8.17. The topological polar surface area (TPSA) is 75.3 Å². The van der Waals surface area contributed by atoms with Gasteiger partial charge in [-0.3, -0.25) is 4.79 Å². The highest BCUT2D eigenvalue weighted by Crippen LogP contribution is 2.32. The third-order valence-corrected chi connectivity index (χ3v) is 5.93.